The number of amides is 2. The van der Waals surface area contributed by atoms with Crippen LogP contribution in [0.5, 0.6) is 11.5 Å². The highest BCUT2D eigenvalue weighted by molar-refractivity contribution is 6.39. The van der Waals surface area contributed by atoms with Crippen LogP contribution >= 0.6 is 0 Å². The summed E-state index contributed by atoms with van der Waals surface area (Å²) in [6.07, 6.45) is 2.70. The molecule has 9 heteroatoms. The van der Waals surface area contributed by atoms with Crippen molar-refractivity contribution in [3.8, 4) is 22.8 Å². The molecule has 0 aliphatic carbocycles. The van der Waals surface area contributed by atoms with Crippen molar-refractivity contribution in [2.24, 2.45) is 0 Å². The Kier molecular flexibility index (Phi) is 7.21. The van der Waals surface area contributed by atoms with Gasteiger partial charge in [-0.1, -0.05) is 18.2 Å². The summed E-state index contributed by atoms with van der Waals surface area (Å²) in [5, 5.41) is 15.9. The number of ether oxygens (including phenoxy) is 2. The molecule has 2 amide bonds. The summed E-state index contributed by atoms with van der Waals surface area (Å²) in [6, 6.07) is 15.2. The molecule has 0 saturated carbocycles. The van der Waals surface area contributed by atoms with Crippen LogP contribution in [-0.4, -0.2) is 46.6 Å². The first-order valence-electron chi connectivity index (χ1n) is 11.4. The third-order valence-corrected chi connectivity index (χ3v) is 5.89. The Hall–Kier alpha value is -4.37. The van der Waals surface area contributed by atoms with Crippen molar-refractivity contribution in [2.45, 2.75) is 26.0 Å². The van der Waals surface area contributed by atoms with E-state index < -0.39 is 24.0 Å². The lowest BCUT2D eigenvalue weighted by molar-refractivity contribution is -0.137. The molecular weight excluding hydrogens is 460 g/mol. The minimum atomic E-state index is -1.13. The molecule has 0 radical (unpaired) electrons. The lowest BCUT2D eigenvalue weighted by atomic mass is 10.0. The van der Waals surface area contributed by atoms with Crippen molar-refractivity contribution in [3.05, 3.63) is 78.1 Å². The van der Waals surface area contributed by atoms with Gasteiger partial charge in [0.2, 0.25) is 0 Å². The zero-order chi connectivity index (χ0) is 25.8. The maximum atomic E-state index is 12.6. The number of aromatic nitrogens is 2. The van der Waals surface area contributed by atoms with Gasteiger partial charge in [0.25, 0.3) is 0 Å². The Balaban J connectivity index is 1.44. The van der Waals surface area contributed by atoms with Crippen LogP contribution in [-0.2, 0) is 9.59 Å². The number of benzene rings is 2. The molecule has 2 aromatic carbocycles. The number of rotatable bonds is 7. The average molecular weight is 489 g/mol. The number of pyridine rings is 1. The van der Waals surface area contributed by atoms with Gasteiger partial charge < -0.3 is 29.6 Å². The van der Waals surface area contributed by atoms with Crippen molar-refractivity contribution in [2.75, 3.05) is 19.5 Å². The van der Waals surface area contributed by atoms with Gasteiger partial charge in [0.05, 0.1) is 26.0 Å². The Morgan fingerprint density at radius 2 is 1.83 bits per heavy atom. The predicted molar refractivity (Wildman–Crippen MR) is 136 cm³/mol. The standard InChI is InChI=1S/C27H28N4O5/c1-16-7-6-12-31-15-22(30-25(16)31)18-8-5-9-19(13-18)29-27(34)26(33)28-17(2)24(32)21-14-20(35-3)10-11-23(21)36-4/h5-15,17,24,32H,1-4H3,(H,28,33)(H,29,34). The number of hydrogen-bond acceptors (Lipinski definition) is 6. The largest absolute Gasteiger partial charge is 0.497 e. The molecule has 0 saturated heterocycles. The fourth-order valence-corrected chi connectivity index (χ4v) is 3.93. The molecule has 4 rings (SSSR count). The van der Waals surface area contributed by atoms with Gasteiger partial charge in [0.1, 0.15) is 23.3 Å². The number of carbonyl (C=O) groups excluding carboxylic acids is 2. The predicted octanol–water partition coefficient (Wildman–Crippen LogP) is 3.50. The van der Waals surface area contributed by atoms with Crippen LogP contribution in [0, 0.1) is 6.92 Å². The smallest absolute Gasteiger partial charge is 0.313 e. The van der Waals surface area contributed by atoms with Gasteiger partial charge in [-0.2, -0.15) is 0 Å². The molecule has 9 nitrogen and oxygen atoms in total. The number of methoxy groups -OCH3 is 2. The molecule has 0 aliphatic rings. The first-order valence-corrected chi connectivity index (χ1v) is 11.4. The Bertz CT molecular complexity index is 1410. The molecule has 36 heavy (non-hydrogen) atoms. The summed E-state index contributed by atoms with van der Waals surface area (Å²) in [4.78, 5) is 29.8. The Morgan fingerprint density at radius 3 is 2.56 bits per heavy atom. The molecule has 2 unspecified atom stereocenters. The van der Waals surface area contributed by atoms with E-state index >= 15 is 0 Å². The highest BCUT2D eigenvalue weighted by Crippen LogP contribution is 2.31. The third kappa shape index (κ3) is 5.16. The number of aliphatic hydroxyl groups is 1. The van der Waals surface area contributed by atoms with E-state index in [9.17, 15) is 14.7 Å². The van der Waals surface area contributed by atoms with E-state index in [0.717, 1.165) is 22.5 Å². The monoisotopic (exact) mass is 488 g/mol. The van der Waals surface area contributed by atoms with Gasteiger partial charge in [-0.15, -0.1) is 0 Å². The maximum absolute atomic E-state index is 12.6. The number of nitrogens with one attached hydrogen (secondary N) is 2. The third-order valence-electron chi connectivity index (χ3n) is 5.89. The Labute approximate surface area is 208 Å². The lowest BCUT2D eigenvalue weighted by Crippen LogP contribution is -2.43. The van der Waals surface area contributed by atoms with Crippen LogP contribution in [0.4, 0.5) is 5.69 Å². The maximum Gasteiger partial charge on any atom is 0.313 e. The fourth-order valence-electron chi connectivity index (χ4n) is 3.93. The average Bonchev–Trinajstić information content (AvgIpc) is 3.34. The molecule has 186 valence electrons. The lowest BCUT2D eigenvalue weighted by Gasteiger charge is -2.22. The highest BCUT2D eigenvalue weighted by Gasteiger charge is 2.25. The second kappa shape index (κ2) is 10.5. The van der Waals surface area contributed by atoms with Gasteiger partial charge in [-0.05, 0) is 55.8 Å². The van der Waals surface area contributed by atoms with Crippen molar-refractivity contribution >= 4 is 23.1 Å². The minimum absolute atomic E-state index is 0.431. The summed E-state index contributed by atoms with van der Waals surface area (Å²) in [5.74, 6) is -0.763. The second-order valence-corrected chi connectivity index (χ2v) is 8.40. The van der Waals surface area contributed by atoms with Crippen LogP contribution in [0.2, 0.25) is 0 Å². The van der Waals surface area contributed by atoms with Crippen molar-refractivity contribution in [1.29, 1.82) is 0 Å². The summed E-state index contributed by atoms with van der Waals surface area (Å²) in [6.45, 7) is 3.59. The van der Waals surface area contributed by atoms with Crippen LogP contribution in [0.3, 0.4) is 0 Å². The minimum Gasteiger partial charge on any atom is -0.497 e. The zero-order valence-corrected chi connectivity index (χ0v) is 20.5. The molecule has 0 aliphatic heterocycles. The topological polar surface area (TPSA) is 114 Å². The highest BCUT2D eigenvalue weighted by atomic mass is 16.5. The van der Waals surface area contributed by atoms with E-state index in [4.69, 9.17) is 9.47 Å². The second-order valence-electron chi connectivity index (χ2n) is 8.40. The number of hydrogen-bond donors (Lipinski definition) is 3. The van der Waals surface area contributed by atoms with E-state index in [1.165, 1.54) is 14.2 Å². The molecule has 0 bridgehead atoms. The molecule has 2 heterocycles. The van der Waals surface area contributed by atoms with Crippen LogP contribution in [0.25, 0.3) is 16.9 Å². The van der Waals surface area contributed by atoms with Crippen LogP contribution in [0.15, 0.2) is 67.0 Å². The first kappa shape index (κ1) is 24.7. The van der Waals surface area contributed by atoms with Gasteiger partial charge in [-0.25, -0.2) is 4.98 Å². The molecule has 2 atom stereocenters. The Morgan fingerprint density at radius 1 is 1.03 bits per heavy atom. The molecule has 3 N–H and O–H groups in total. The van der Waals surface area contributed by atoms with Gasteiger partial charge in [0, 0.05) is 29.2 Å². The van der Waals surface area contributed by atoms with Crippen molar-refractivity contribution < 1.29 is 24.2 Å². The quantitative estimate of drug-likeness (QED) is 0.343. The normalized spacial score (nSPS) is 12.6. The molecule has 2 aromatic heterocycles. The van der Waals surface area contributed by atoms with Crippen molar-refractivity contribution in [1.82, 2.24) is 14.7 Å². The summed E-state index contributed by atoms with van der Waals surface area (Å²) < 4.78 is 12.5. The fraction of sp³-hybridized carbons (Fsp3) is 0.222. The molecule has 0 spiro atoms. The molecule has 4 aromatic rings. The number of carbonyl (C=O) groups is 2. The summed E-state index contributed by atoms with van der Waals surface area (Å²) in [7, 11) is 2.99. The zero-order valence-electron chi connectivity index (χ0n) is 20.5. The number of fused-ring (bicyclic) bond motifs is 1. The molecule has 0 fully saturated rings. The number of aryl methyl sites for hydroxylation is 1. The number of nitrogens with zero attached hydrogens (tertiary/aromatic N) is 2. The van der Waals surface area contributed by atoms with Gasteiger partial charge in [0.15, 0.2) is 0 Å². The number of anilines is 1. The summed E-state index contributed by atoms with van der Waals surface area (Å²) in [5.41, 5.74) is 4.32. The first-order chi connectivity index (χ1) is 17.3. The SMILES string of the molecule is COc1ccc(OC)c(C(O)C(C)NC(=O)C(=O)Nc2cccc(-c3cn4cccc(C)c4n3)c2)c1. The number of aliphatic hydroxyl groups excluding tert-OH is 1. The summed E-state index contributed by atoms with van der Waals surface area (Å²) >= 11 is 0. The van der Waals surface area contributed by atoms with E-state index in [-0.39, 0.29) is 0 Å². The van der Waals surface area contributed by atoms with Crippen LogP contribution in [0.1, 0.15) is 24.2 Å². The number of imidazole rings is 1. The van der Waals surface area contributed by atoms with Gasteiger partial charge in [-0.3, -0.25) is 9.59 Å². The van der Waals surface area contributed by atoms with E-state index in [0.29, 0.717) is 22.7 Å². The van der Waals surface area contributed by atoms with E-state index in [1.54, 1.807) is 43.3 Å². The molecular formula is C27H28N4O5. The van der Waals surface area contributed by atoms with Gasteiger partial charge >= 0.3 is 11.8 Å². The van der Waals surface area contributed by atoms with Crippen molar-refractivity contribution in [3.63, 3.8) is 0 Å². The van der Waals surface area contributed by atoms with Crippen LogP contribution < -0.4 is 20.1 Å². The van der Waals surface area contributed by atoms with E-state index in [2.05, 4.69) is 15.6 Å². The van der Waals surface area contributed by atoms with E-state index in [1.807, 2.05) is 41.9 Å².